The highest BCUT2D eigenvalue weighted by Crippen LogP contribution is 2.25. The predicted molar refractivity (Wildman–Crippen MR) is 122 cm³/mol. The number of nitrogens with zero attached hydrogens (tertiary/aromatic N) is 5. The van der Waals surface area contributed by atoms with Gasteiger partial charge in [0.15, 0.2) is 16.8 Å². The van der Waals surface area contributed by atoms with Crippen molar-refractivity contribution in [2.75, 3.05) is 5.75 Å². The molecule has 3 aromatic heterocycles. The minimum atomic E-state index is 0.113. The van der Waals surface area contributed by atoms with Gasteiger partial charge in [0.2, 0.25) is 0 Å². The van der Waals surface area contributed by atoms with E-state index in [0.29, 0.717) is 23.4 Å². The van der Waals surface area contributed by atoms with Gasteiger partial charge >= 0.3 is 0 Å². The van der Waals surface area contributed by atoms with Crippen LogP contribution in [0.3, 0.4) is 0 Å². The summed E-state index contributed by atoms with van der Waals surface area (Å²) < 4.78 is 4.23. The lowest BCUT2D eigenvalue weighted by Crippen LogP contribution is -2.09. The summed E-state index contributed by atoms with van der Waals surface area (Å²) in [6.45, 7) is 13.9. The second-order valence-corrected chi connectivity index (χ2v) is 8.71. The second-order valence-electron chi connectivity index (χ2n) is 7.77. The van der Waals surface area contributed by atoms with Crippen molar-refractivity contribution in [3.05, 3.63) is 60.2 Å². The molecule has 0 amide bonds. The zero-order chi connectivity index (χ0) is 21.7. The summed E-state index contributed by atoms with van der Waals surface area (Å²) in [4.78, 5) is 17.0. The second kappa shape index (κ2) is 9.89. The van der Waals surface area contributed by atoms with Crippen molar-refractivity contribution in [1.82, 2.24) is 24.3 Å². The van der Waals surface area contributed by atoms with Gasteiger partial charge in [-0.25, -0.2) is 0 Å². The normalized spacial score (nSPS) is 11.2. The molecule has 0 atom stereocenters. The molecule has 0 unspecified atom stereocenters. The van der Waals surface area contributed by atoms with E-state index in [2.05, 4.69) is 47.1 Å². The molecule has 0 fully saturated rings. The van der Waals surface area contributed by atoms with Crippen LogP contribution in [0.15, 0.2) is 48.4 Å². The molecule has 0 saturated carbocycles. The highest BCUT2D eigenvalue weighted by Gasteiger charge is 2.19. The van der Waals surface area contributed by atoms with Crippen molar-refractivity contribution >= 4 is 17.5 Å². The number of ketones is 1. The molecule has 6 nitrogen and oxygen atoms in total. The number of aryl methyl sites for hydroxylation is 1. The van der Waals surface area contributed by atoms with Crippen molar-refractivity contribution in [1.29, 1.82) is 0 Å². The lowest BCUT2D eigenvalue weighted by Gasteiger charge is -2.11. The number of hydrogen-bond acceptors (Lipinski definition) is 5. The molecule has 30 heavy (non-hydrogen) atoms. The van der Waals surface area contributed by atoms with Crippen LogP contribution in [0, 0.1) is 19.8 Å². The van der Waals surface area contributed by atoms with Crippen LogP contribution in [-0.4, -0.2) is 35.9 Å². The molecule has 0 radical (unpaired) electrons. The van der Waals surface area contributed by atoms with Crippen molar-refractivity contribution in [2.45, 2.75) is 52.4 Å². The first-order valence-electron chi connectivity index (χ1n) is 10.2. The van der Waals surface area contributed by atoms with E-state index < -0.39 is 0 Å². The van der Waals surface area contributed by atoms with Gasteiger partial charge in [0.25, 0.3) is 0 Å². The first-order valence-corrected chi connectivity index (χ1v) is 11.2. The minimum Gasteiger partial charge on any atom is -0.348 e. The molecule has 3 aromatic rings. The first-order chi connectivity index (χ1) is 14.4. The van der Waals surface area contributed by atoms with Gasteiger partial charge in [0.1, 0.15) is 0 Å². The van der Waals surface area contributed by atoms with Crippen LogP contribution in [0.25, 0.3) is 11.4 Å². The Labute approximate surface area is 182 Å². The van der Waals surface area contributed by atoms with Gasteiger partial charge in [-0.1, -0.05) is 31.7 Å². The zero-order valence-electron chi connectivity index (χ0n) is 18.1. The quantitative estimate of drug-likeness (QED) is 0.262. The smallest absolute Gasteiger partial charge is 0.192 e. The van der Waals surface area contributed by atoms with E-state index in [4.69, 9.17) is 0 Å². The molecule has 0 spiro atoms. The van der Waals surface area contributed by atoms with E-state index in [9.17, 15) is 4.79 Å². The van der Waals surface area contributed by atoms with E-state index in [0.717, 1.165) is 41.3 Å². The van der Waals surface area contributed by atoms with Gasteiger partial charge in [0, 0.05) is 48.0 Å². The Morgan fingerprint density at radius 3 is 2.60 bits per heavy atom. The summed E-state index contributed by atoms with van der Waals surface area (Å²) in [5.74, 6) is 1.81. The van der Waals surface area contributed by atoms with E-state index in [-0.39, 0.29) is 5.78 Å². The van der Waals surface area contributed by atoms with Crippen molar-refractivity contribution in [3.8, 4) is 11.4 Å². The molecule has 0 N–H and O–H groups in total. The van der Waals surface area contributed by atoms with Crippen LogP contribution in [-0.2, 0) is 13.1 Å². The highest BCUT2D eigenvalue weighted by molar-refractivity contribution is 7.99. The fourth-order valence-corrected chi connectivity index (χ4v) is 4.26. The van der Waals surface area contributed by atoms with Gasteiger partial charge in [-0.3, -0.25) is 14.3 Å². The first kappa shape index (κ1) is 22.0. The molecular weight excluding hydrogens is 394 g/mol. The van der Waals surface area contributed by atoms with E-state index in [1.165, 1.54) is 11.8 Å². The molecular formula is C23H29N5OS. The van der Waals surface area contributed by atoms with Crippen LogP contribution in [0.4, 0.5) is 0 Å². The van der Waals surface area contributed by atoms with Gasteiger partial charge in [0.05, 0.1) is 5.75 Å². The molecule has 0 aromatic carbocycles. The number of thioether (sulfide) groups is 1. The van der Waals surface area contributed by atoms with Crippen molar-refractivity contribution in [2.24, 2.45) is 5.92 Å². The fraction of sp³-hybridized carbons (Fsp3) is 0.391. The van der Waals surface area contributed by atoms with Crippen LogP contribution in [0.5, 0.6) is 0 Å². The Morgan fingerprint density at radius 2 is 1.93 bits per heavy atom. The number of pyridine rings is 1. The Kier molecular flexibility index (Phi) is 7.26. The minimum absolute atomic E-state index is 0.113. The van der Waals surface area contributed by atoms with Crippen LogP contribution in [0.1, 0.15) is 42.0 Å². The fourth-order valence-electron chi connectivity index (χ4n) is 3.43. The van der Waals surface area contributed by atoms with Crippen molar-refractivity contribution < 1.29 is 4.79 Å². The standard InChI is InChI=1S/C23H29N5OS/c1-6-12-28-22(19-7-10-24-11-8-19)25-26-23(28)30-15-21(29)20-14-17(4)27(18(20)5)13-9-16(2)3/h6-8,10-11,14,16H,1,9,12-13,15H2,2-5H3. The monoisotopic (exact) mass is 423 g/mol. The topological polar surface area (TPSA) is 65.6 Å². The third-order valence-electron chi connectivity index (χ3n) is 5.10. The Balaban J connectivity index is 1.76. The van der Waals surface area contributed by atoms with Gasteiger partial charge in [-0.2, -0.15) is 0 Å². The molecule has 3 heterocycles. The third-order valence-corrected chi connectivity index (χ3v) is 6.07. The third kappa shape index (κ3) is 4.90. The van der Waals surface area contributed by atoms with E-state index in [1.807, 2.05) is 35.8 Å². The van der Waals surface area contributed by atoms with Crippen LogP contribution >= 0.6 is 11.8 Å². The zero-order valence-corrected chi connectivity index (χ0v) is 18.9. The number of Topliss-reactive ketones (excluding diaryl/α,β-unsaturated/α-hetero) is 1. The van der Waals surface area contributed by atoms with Gasteiger partial charge in [-0.05, 0) is 44.4 Å². The van der Waals surface area contributed by atoms with Gasteiger partial charge < -0.3 is 4.57 Å². The van der Waals surface area contributed by atoms with Crippen LogP contribution < -0.4 is 0 Å². The molecule has 0 saturated heterocycles. The Hall–Kier alpha value is -2.67. The lowest BCUT2D eigenvalue weighted by molar-refractivity contribution is 0.102. The largest absolute Gasteiger partial charge is 0.348 e. The Morgan fingerprint density at radius 1 is 1.20 bits per heavy atom. The average molecular weight is 424 g/mol. The number of carbonyl (C=O) groups is 1. The molecule has 3 rings (SSSR count). The summed E-state index contributed by atoms with van der Waals surface area (Å²) in [5, 5.41) is 9.37. The van der Waals surface area contributed by atoms with Gasteiger partial charge in [-0.15, -0.1) is 16.8 Å². The lowest BCUT2D eigenvalue weighted by atomic mass is 10.1. The molecule has 0 aliphatic carbocycles. The summed E-state index contributed by atoms with van der Waals surface area (Å²) in [6, 6.07) is 5.81. The number of rotatable bonds is 10. The number of hydrogen-bond donors (Lipinski definition) is 0. The summed E-state index contributed by atoms with van der Waals surface area (Å²) >= 11 is 1.41. The summed E-state index contributed by atoms with van der Waals surface area (Å²) in [5.41, 5.74) is 3.92. The predicted octanol–water partition coefficient (Wildman–Crippen LogP) is 4.97. The molecule has 158 valence electrons. The number of aromatic nitrogens is 5. The molecule has 0 aliphatic heterocycles. The molecule has 7 heteroatoms. The number of carbonyl (C=O) groups excluding carboxylic acids is 1. The maximum Gasteiger partial charge on any atom is 0.192 e. The van der Waals surface area contributed by atoms with Crippen LogP contribution in [0.2, 0.25) is 0 Å². The maximum absolute atomic E-state index is 13.0. The maximum atomic E-state index is 13.0. The summed E-state index contributed by atoms with van der Waals surface area (Å²) in [6.07, 6.45) is 6.37. The average Bonchev–Trinajstić information content (AvgIpc) is 3.26. The number of allylic oxidation sites excluding steroid dienone is 1. The van der Waals surface area contributed by atoms with Crippen molar-refractivity contribution in [3.63, 3.8) is 0 Å². The van der Waals surface area contributed by atoms with E-state index >= 15 is 0 Å². The SMILES string of the molecule is C=CCn1c(SCC(=O)c2cc(C)n(CCC(C)C)c2C)nnc1-c1ccncc1. The Bertz CT molecular complexity index is 1020. The summed E-state index contributed by atoms with van der Waals surface area (Å²) in [7, 11) is 0. The highest BCUT2D eigenvalue weighted by atomic mass is 32.2. The molecule has 0 aliphatic rings. The van der Waals surface area contributed by atoms with E-state index in [1.54, 1.807) is 12.4 Å². The molecule has 0 bridgehead atoms.